The van der Waals surface area contributed by atoms with Crippen LogP contribution in [0.3, 0.4) is 0 Å². The number of rotatable bonds is 7. The van der Waals surface area contributed by atoms with Crippen molar-refractivity contribution in [3.05, 3.63) is 77.8 Å². The summed E-state index contributed by atoms with van der Waals surface area (Å²) < 4.78 is 22.9. The van der Waals surface area contributed by atoms with Crippen LogP contribution in [0.2, 0.25) is 0 Å². The number of halogens is 1. The average molecular weight is 366 g/mol. The maximum absolute atomic E-state index is 14.2. The molecule has 0 bridgehead atoms. The number of nitrogens with one attached hydrogen (secondary N) is 1. The second-order valence-corrected chi connectivity index (χ2v) is 6.12. The lowest BCUT2D eigenvalue weighted by Crippen LogP contribution is -2.08. The normalized spacial score (nSPS) is 11.2. The predicted molar refractivity (Wildman–Crippen MR) is 97.4 cm³/mol. The average Bonchev–Trinajstić information content (AvgIpc) is 3.39. The van der Waals surface area contributed by atoms with E-state index in [2.05, 4.69) is 20.2 Å². The van der Waals surface area contributed by atoms with Crippen LogP contribution < -0.4 is 0 Å². The minimum atomic E-state index is -0.267. The lowest BCUT2D eigenvalue weighted by atomic mass is 10.2. The van der Waals surface area contributed by atoms with Gasteiger partial charge in [0.2, 0.25) is 0 Å². The number of hydrogen-bond acceptors (Lipinski definition) is 4. The summed E-state index contributed by atoms with van der Waals surface area (Å²) >= 11 is 0. The minimum absolute atomic E-state index is 0.267. The number of ether oxygens (including phenoxy) is 1. The molecule has 0 aliphatic heterocycles. The Bertz CT molecular complexity index is 1020. The van der Waals surface area contributed by atoms with Crippen molar-refractivity contribution in [1.29, 1.82) is 0 Å². The standard InChI is InChI=1S/C19H19FN6O/c1-27-13-15-7-9-21-18(15)19-23-17(12-25-10-4-8-22-25)24-26(19)11-14-5-2-3-6-16(14)20/h2-10,21H,11-13H2,1H3. The molecule has 3 heterocycles. The molecule has 27 heavy (non-hydrogen) atoms. The van der Waals surface area contributed by atoms with Crippen LogP contribution in [0.25, 0.3) is 11.5 Å². The Hall–Kier alpha value is -3.26. The molecule has 4 aromatic rings. The van der Waals surface area contributed by atoms with Crippen LogP contribution in [0.4, 0.5) is 4.39 Å². The van der Waals surface area contributed by atoms with Gasteiger partial charge in [0.25, 0.3) is 0 Å². The fraction of sp³-hybridized carbons (Fsp3) is 0.211. The van der Waals surface area contributed by atoms with Gasteiger partial charge in [0, 0.05) is 36.8 Å². The first-order valence-corrected chi connectivity index (χ1v) is 8.54. The van der Waals surface area contributed by atoms with Gasteiger partial charge < -0.3 is 9.72 Å². The topological polar surface area (TPSA) is 73.6 Å². The SMILES string of the molecule is COCc1cc[nH]c1-c1nc(Cn2cccn2)nn1Cc1ccccc1F. The van der Waals surface area contributed by atoms with Gasteiger partial charge in [-0.1, -0.05) is 18.2 Å². The van der Waals surface area contributed by atoms with Gasteiger partial charge in [-0.05, 0) is 18.2 Å². The van der Waals surface area contributed by atoms with Gasteiger partial charge in [0.15, 0.2) is 11.6 Å². The maximum Gasteiger partial charge on any atom is 0.175 e. The molecule has 1 aromatic carbocycles. The van der Waals surface area contributed by atoms with Crippen molar-refractivity contribution in [2.75, 3.05) is 7.11 Å². The Kier molecular flexibility index (Phi) is 4.80. The second-order valence-electron chi connectivity index (χ2n) is 6.12. The molecule has 0 amide bonds. The van der Waals surface area contributed by atoms with Crippen LogP contribution in [0.15, 0.2) is 55.0 Å². The number of methoxy groups -OCH3 is 1. The summed E-state index contributed by atoms with van der Waals surface area (Å²) in [6.45, 7) is 1.16. The number of aromatic amines is 1. The predicted octanol–water partition coefficient (Wildman–Crippen LogP) is 2.85. The number of hydrogen-bond donors (Lipinski definition) is 1. The van der Waals surface area contributed by atoms with Crippen LogP contribution >= 0.6 is 0 Å². The van der Waals surface area contributed by atoms with Gasteiger partial charge in [-0.25, -0.2) is 14.1 Å². The van der Waals surface area contributed by atoms with Crippen molar-refractivity contribution < 1.29 is 9.13 Å². The first-order valence-electron chi connectivity index (χ1n) is 8.54. The van der Waals surface area contributed by atoms with E-state index in [0.29, 0.717) is 30.4 Å². The molecule has 0 aliphatic rings. The Balaban J connectivity index is 1.74. The number of aromatic nitrogens is 6. The first-order chi connectivity index (χ1) is 13.2. The highest BCUT2D eigenvalue weighted by molar-refractivity contribution is 5.55. The largest absolute Gasteiger partial charge is 0.380 e. The van der Waals surface area contributed by atoms with E-state index in [1.807, 2.05) is 30.6 Å². The molecule has 0 saturated carbocycles. The lowest BCUT2D eigenvalue weighted by molar-refractivity contribution is 0.185. The van der Waals surface area contributed by atoms with E-state index in [1.54, 1.807) is 34.8 Å². The third-order valence-corrected chi connectivity index (χ3v) is 4.21. The second kappa shape index (κ2) is 7.55. The van der Waals surface area contributed by atoms with Crippen molar-refractivity contribution in [3.8, 4) is 11.5 Å². The Morgan fingerprint density at radius 1 is 1.11 bits per heavy atom. The smallest absolute Gasteiger partial charge is 0.175 e. The van der Waals surface area contributed by atoms with E-state index in [4.69, 9.17) is 4.74 Å². The van der Waals surface area contributed by atoms with Crippen molar-refractivity contribution in [2.24, 2.45) is 0 Å². The highest BCUT2D eigenvalue weighted by atomic mass is 19.1. The molecular weight excluding hydrogens is 347 g/mol. The van der Waals surface area contributed by atoms with Crippen molar-refractivity contribution in [3.63, 3.8) is 0 Å². The highest BCUT2D eigenvalue weighted by Gasteiger charge is 2.18. The molecule has 0 saturated heterocycles. The van der Waals surface area contributed by atoms with Gasteiger partial charge in [-0.15, -0.1) is 0 Å². The molecule has 4 rings (SSSR count). The molecule has 0 aliphatic carbocycles. The third-order valence-electron chi connectivity index (χ3n) is 4.21. The van der Waals surface area contributed by atoms with Crippen molar-refractivity contribution >= 4 is 0 Å². The van der Waals surface area contributed by atoms with Gasteiger partial charge in [0.05, 0.1) is 18.8 Å². The van der Waals surface area contributed by atoms with Crippen LogP contribution in [0.5, 0.6) is 0 Å². The van der Waals surface area contributed by atoms with Gasteiger partial charge in [0.1, 0.15) is 12.4 Å². The minimum Gasteiger partial charge on any atom is -0.380 e. The summed E-state index contributed by atoms with van der Waals surface area (Å²) in [7, 11) is 1.64. The van der Waals surface area contributed by atoms with E-state index in [9.17, 15) is 4.39 Å². The van der Waals surface area contributed by atoms with E-state index in [-0.39, 0.29) is 12.4 Å². The first kappa shape index (κ1) is 17.2. The molecule has 7 nitrogen and oxygen atoms in total. The monoisotopic (exact) mass is 366 g/mol. The third kappa shape index (κ3) is 3.65. The van der Waals surface area contributed by atoms with Crippen molar-refractivity contribution in [1.82, 2.24) is 29.5 Å². The van der Waals surface area contributed by atoms with Crippen LogP contribution in [0, 0.1) is 5.82 Å². The highest BCUT2D eigenvalue weighted by Crippen LogP contribution is 2.23. The molecular formula is C19H19FN6O. The van der Waals surface area contributed by atoms with E-state index < -0.39 is 0 Å². The van der Waals surface area contributed by atoms with Gasteiger partial charge in [-0.2, -0.15) is 10.2 Å². The van der Waals surface area contributed by atoms with E-state index in [1.165, 1.54) is 6.07 Å². The zero-order chi connectivity index (χ0) is 18.6. The van der Waals surface area contributed by atoms with E-state index >= 15 is 0 Å². The summed E-state index contributed by atoms with van der Waals surface area (Å²) in [5.74, 6) is 0.969. The van der Waals surface area contributed by atoms with E-state index in [0.717, 1.165) is 11.3 Å². The molecule has 3 aromatic heterocycles. The van der Waals surface area contributed by atoms with Crippen molar-refractivity contribution in [2.45, 2.75) is 19.7 Å². The summed E-state index contributed by atoms with van der Waals surface area (Å²) in [6.07, 6.45) is 5.39. The number of benzene rings is 1. The molecule has 1 N–H and O–H groups in total. The molecule has 8 heteroatoms. The zero-order valence-corrected chi connectivity index (χ0v) is 14.8. The number of H-pyrrole nitrogens is 1. The van der Waals surface area contributed by atoms with Crippen LogP contribution in [-0.2, 0) is 24.4 Å². The fourth-order valence-corrected chi connectivity index (χ4v) is 2.96. The van der Waals surface area contributed by atoms with Crippen LogP contribution in [0.1, 0.15) is 17.0 Å². The van der Waals surface area contributed by atoms with Gasteiger partial charge in [-0.3, -0.25) is 4.68 Å². The molecule has 0 atom stereocenters. The fourth-order valence-electron chi connectivity index (χ4n) is 2.96. The lowest BCUT2D eigenvalue weighted by Gasteiger charge is -2.08. The maximum atomic E-state index is 14.2. The summed E-state index contributed by atoms with van der Waals surface area (Å²) in [4.78, 5) is 7.88. The zero-order valence-electron chi connectivity index (χ0n) is 14.8. The quantitative estimate of drug-likeness (QED) is 0.546. The van der Waals surface area contributed by atoms with Crippen LogP contribution in [-0.4, -0.2) is 36.6 Å². The van der Waals surface area contributed by atoms with Gasteiger partial charge >= 0.3 is 0 Å². The molecule has 0 fully saturated rings. The number of nitrogens with zero attached hydrogens (tertiary/aromatic N) is 5. The molecule has 0 spiro atoms. The Labute approximate surface area is 155 Å². The molecule has 0 unspecified atom stereocenters. The molecule has 138 valence electrons. The molecule has 0 radical (unpaired) electrons. The summed E-state index contributed by atoms with van der Waals surface area (Å²) in [6, 6.07) is 10.5. The summed E-state index contributed by atoms with van der Waals surface area (Å²) in [5, 5.41) is 8.79. The Morgan fingerprint density at radius 2 is 2.00 bits per heavy atom. The Morgan fingerprint density at radius 3 is 2.78 bits per heavy atom. The summed E-state index contributed by atoms with van der Waals surface area (Å²) in [5.41, 5.74) is 2.33.